The molecule has 1 saturated heterocycles. The van der Waals surface area contributed by atoms with Gasteiger partial charge in [-0.1, -0.05) is 18.2 Å². The third-order valence-electron chi connectivity index (χ3n) is 4.65. The molecule has 0 atom stereocenters. The Kier molecular flexibility index (Phi) is 6.41. The Morgan fingerprint density at radius 3 is 2.45 bits per heavy atom. The Labute approximate surface area is 166 Å². The third kappa shape index (κ3) is 5.49. The van der Waals surface area contributed by atoms with Crippen molar-refractivity contribution in [3.8, 4) is 0 Å². The topological polar surface area (TPSA) is 58.6 Å². The summed E-state index contributed by atoms with van der Waals surface area (Å²) >= 11 is 0. The van der Waals surface area contributed by atoms with Crippen molar-refractivity contribution in [2.24, 2.45) is 0 Å². The summed E-state index contributed by atoms with van der Waals surface area (Å²) in [6.45, 7) is 0.949. The number of nitrogens with zero attached hydrogens (tertiary/aromatic N) is 1. The van der Waals surface area contributed by atoms with Crippen LogP contribution >= 0.6 is 0 Å². The first-order valence-electron chi connectivity index (χ1n) is 9.33. The number of benzene rings is 2. The summed E-state index contributed by atoms with van der Waals surface area (Å²) in [6, 6.07) is 11.0. The molecule has 1 amide bonds. The first-order valence-corrected chi connectivity index (χ1v) is 9.33. The Balaban J connectivity index is 1.68. The van der Waals surface area contributed by atoms with Crippen molar-refractivity contribution in [1.29, 1.82) is 0 Å². The fourth-order valence-electron chi connectivity index (χ4n) is 3.14. The van der Waals surface area contributed by atoms with Crippen molar-refractivity contribution in [3.63, 3.8) is 0 Å². The summed E-state index contributed by atoms with van der Waals surface area (Å²) < 4.78 is 43.9. The van der Waals surface area contributed by atoms with Crippen LogP contribution in [0.3, 0.4) is 0 Å². The minimum Gasteiger partial charge on any atom is -0.452 e. The van der Waals surface area contributed by atoms with E-state index in [2.05, 4.69) is 5.32 Å². The Morgan fingerprint density at radius 2 is 1.72 bits per heavy atom. The van der Waals surface area contributed by atoms with Crippen molar-refractivity contribution in [2.75, 3.05) is 25.0 Å². The number of carbonyl (C=O) groups excluding carboxylic acids is 2. The molecule has 2 aromatic rings. The van der Waals surface area contributed by atoms with E-state index in [9.17, 15) is 22.8 Å². The van der Waals surface area contributed by atoms with E-state index in [0.717, 1.165) is 31.4 Å². The number of amides is 1. The molecule has 1 aliphatic heterocycles. The van der Waals surface area contributed by atoms with E-state index in [1.807, 2.05) is 0 Å². The predicted octanol–water partition coefficient (Wildman–Crippen LogP) is 4.62. The number of hydrogen-bond acceptors (Lipinski definition) is 4. The summed E-state index contributed by atoms with van der Waals surface area (Å²) in [5, 5.41) is 2.82. The van der Waals surface area contributed by atoms with Gasteiger partial charge in [-0.2, -0.15) is 13.2 Å². The van der Waals surface area contributed by atoms with Crippen LogP contribution in [0.4, 0.5) is 24.5 Å². The molecule has 1 heterocycles. The van der Waals surface area contributed by atoms with Gasteiger partial charge in [0.25, 0.3) is 5.91 Å². The third-order valence-corrected chi connectivity index (χ3v) is 4.65. The molecule has 0 bridgehead atoms. The van der Waals surface area contributed by atoms with E-state index < -0.39 is 17.7 Å². The van der Waals surface area contributed by atoms with E-state index in [4.69, 9.17) is 4.74 Å². The highest BCUT2D eigenvalue weighted by atomic mass is 19.4. The normalized spacial score (nSPS) is 14.4. The quantitative estimate of drug-likeness (QED) is 0.737. The molecule has 3 rings (SSSR count). The van der Waals surface area contributed by atoms with E-state index >= 15 is 0 Å². The van der Waals surface area contributed by atoms with Crippen LogP contribution in [0.1, 0.15) is 35.2 Å². The molecular weight excluding hydrogens is 385 g/mol. The van der Waals surface area contributed by atoms with Gasteiger partial charge in [0.2, 0.25) is 0 Å². The molecule has 1 aliphatic rings. The van der Waals surface area contributed by atoms with Crippen LogP contribution in [0.15, 0.2) is 48.5 Å². The van der Waals surface area contributed by atoms with Crippen molar-refractivity contribution < 1.29 is 27.5 Å². The summed E-state index contributed by atoms with van der Waals surface area (Å²) in [6.07, 6.45) is -1.52. The summed E-state index contributed by atoms with van der Waals surface area (Å²) in [7, 11) is 0. The van der Waals surface area contributed by atoms with Crippen LogP contribution in [-0.4, -0.2) is 36.5 Å². The highest BCUT2D eigenvalue weighted by Crippen LogP contribution is 2.32. The van der Waals surface area contributed by atoms with Crippen LogP contribution in [0.25, 0.3) is 0 Å². The number of ether oxygens (including phenoxy) is 1. The highest BCUT2D eigenvalue weighted by Gasteiger charge is 2.30. The van der Waals surface area contributed by atoms with Gasteiger partial charge in [-0.25, -0.2) is 4.79 Å². The molecule has 1 fully saturated rings. The molecule has 5 nitrogen and oxygen atoms in total. The van der Waals surface area contributed by atoms with Gasteiger partial charge in [0.1, 0.15) is 0 Å². The largest absolute Gasteiger partial charge is 0.452 e. The lowest BCUT2D eigenvalue weighted by atomic mass is 10.1. The molecule has 0 aliphatic carbocycles. The number of hydrogen-bond donors (Lipinski definition) is 1. The van der Waals surface area contributed by atoms with Crippen molar-refractivity contribution >= 4 is 23.3 Å². The number of likely N-dealkylation sites (tertiary alicyclic amines) is 1. The number of carbonyl (C=O) groups is 2. The second kappa shape index (κ2) is 8.98. The number of anilines is 2. The molecule has 0 unspecified atom stereocenters. The predicted molar refractivity (Wildman–Crippen MR) is 102 cm³/mol. The Bertz CT molecular complexity index is 877. The lowest BCUT2D eigenvalue weighted by Crippen LogP contribution is -2.38. The average molecular weight is 406 g/mol. The van der Waals surface area contributed by atoms with E-state index in [1.54, 1.807) is 23.1 Å². The molecule has 2 aromatic carbocycles. The number of para-hydroxylation sites is 1. The van der Waals surface area contributed by atoms with Gasteiger partial charge < -0.3 is 15.0 Å². The number of piperidine rings is 1. The van der Waals surface area contributed by atoms with Gasteiger partial charge in [-0.15, -0.1) is 0 Å². The van der Waals surface area contributed by atoms with Crippen molar-refractivity contribution in [2.45, 2.75) is 25.4 Å². The molecule has 8 heteroatoms. The number of esters is 1. The maximum atomic E-state index is 12.9. The van der Waals surface area contributed by atoms with Gasteiger partial charge in [0, 0.05) is 18.8 Å². The summed E-state index contributed by atoms with van der Waals surface area (Å²) in [5.41, 5.74) is -0.183. The molecular formula is C21H21F3N2O3. The molecule has 0 spiro atoms. The van der Waals surface area contributed by atoms with E-state index in [-0.39, 0.29) is 23.8 Å². The van der Waals surface area contributed by atoms with Crippen molar-refractivity contribution in [1.82, 2.24) is 4.90 Å². The first-order chi connectivity index (χ1) is 13.8. The highest BCUT2D eigenvalue weighted by molar-refractivity contribution is 5.97. The van der Waals surface area contributed by atoms with E-state index in [0.29, 0.717) is 18.8 Å². The van der Waals surface area contributed by atoms with Crippen molar-refractivity contribution in [3.05, 3.63) is 59.7 Å². The number of alkyl halides is 3. The van der Waals surface area contributed by atoms with Crippen LogP contribution in [0, 0.1) is 0 Å². The fraction of sp³-hybridized carbons (Fsp3) is 0.333. The van der Waals surface area contributed by atoms with Crippen LogP contribution in [0.5, 0.6) is 0 Å². The standard InChI is InChI=1S/C21H21F3N2O3/c22-21(23,24)15-7-6-8-16(13-15)25-18-10-3-2-9-17(18)20(28)29-14-19(27)26-11-4-1-5-12-26/h2-3,6-10,13,25H,1,4-5,11-12,14H2. The van der Waals surface area contributed by atoms with Crippen LogP contribution in [0.2, 0.25) is 0 Å². The zero-order valence-corrected chi connectivity index (χ0v) is 15.7. The van der Waals surface area contributed by atoms with Gasteiger partial charge in [0.15, 0.2) is 6.61 Å². The van der Waals surface area contributed by atoms with E-state index in [1.165, 1.54) is 18.2 Å². The first kappa shape index (κ1) is 20.7. The van der Waals surface area contributed by atoms with Gasteiger partial charge in [-0.05, 0) is 49.6 Å². The Morgan fingerprint density at radius 1 is 1.00 bits per heavy atom. The summed E-state index contributed by atoms with van der Waals surface area (Å²) in [5.74, 6) is -0.966. The zero-order valence-electron chi connectivity index (χ0n) is 15.7. The van der Waals surface area contributed by atoms with Gasteiger partial charge in [-0.3, -0.25) is 4.79 Å². The minimum absolute atomic E-state index is 0.136. The van der Waals surface area contributed by atoms with Gasteiger partial charge >= 0.3 is 12.1 Å². The lowest BCUT2D eigenvalue weighted by molar-refractivity contribution is -0.137. The van der Waals surface area contributed by atoms with Crippen LogP contribution in [-0.2, 0) is 15.7 Å². The smallest absolute Gasteiger partial charge is 0.416 e. The lowest BCUT2D eigenvalue weighted by Gasteiger charge is -2.26. The zero-order chi connectivity index (χ0) is 20.9. The molecule has 0 saturated carbocycles. The van der Waals surface area contributed by atoms with Gasteiger partial charge in [0.05, 0.1) is 16.8 Å². The second-order valence-corrected chi connectivity index (χ2v) is 6.77. The number of rotatable bonds is 5. The molecule has 154 valence electrons. The molecule has 29 heavy (non-hydrogen) atoms. The summed E-state index contributed by atoms with van der Waals surface area (Å²) in [4.78, 5) is 26.3. The van der Waals surface area contributed by atoms with Crippen LogP contribution < -0.4 is 5.32 Å². The monoisotopic (exact) mass is 406 g/mol. The maximum absolute atomic E-state index is 12.9. The second-order valence-electron chi connectivity index (χ2n) is 6.77. The maximum Gasteiger partial charge on any atom is 0.416 e. The Hall–Kier alpha value is -3.03. The SMILES string of the molecule is O=C(OCC(=O)N1CCCCC1)c1ccccc1Nc1cccc(C(F)(F)F)c1. The minimum atomic E-state index is -4.47. The molecule has 0 radical (unpaired) electrons. The number of nitrogens with one attached hydrogen (secondary N) is 1. The fourth-order valence-corrected chi connectivity index (χ4v) is 3.14. The molecule has 0 aromatic heterocycles. The number of halogens is 3. The molecule has 1 N–H and O–H groups in total. The average Bonchev–Trinajstić information content (AvgIpc) is 2.72.